The average Bonchev–Trinajstić information content (AvgIpc) is 2.53. The minimum Gasteiger partial charge on any atom is -0.388 e. The maximum Gasteiger partial charge on any atom is 0.0783 e. The number of nitrogens with one attached hydrogen (secondary N) is 1. The fourth-order valence-electron chi connectivity index (χ4n) is 2.33. The number of anilines is 2. The molecule has 2 rings (SSSR count). The topological polar surface area (TPSA) is 27.6 Å². The van der Waals surface area contributed by atoms with E-state index >= 15 is 0 Å². The van der Waals surface area contributed by atoms with Gasteiger partial charge in [0.2, 0.25) is 0 Å². The number of hydrogen-bond acceptors (Lipinski definition) is 3. The van der Waals surface area contributed by atoms with Crippen LogP contribution in [0.4, 0.5) is 11.4 Å². The van der Waals surface area contributed by atoms with Gasteiger partial charge in [0.1, 0.15) is 0 Å². The van der Waals surface area contributed by atoms with Gasteiger partial charge in [0.05, 0.1) is 16.4 Å². The van der Waals surface area contributed by atoms with Gasteiger partial charge in [-0.3, -0.25) is 5.01 Å². The van der Waals surface area contributed by atoms with Gasteiger partial charge in [0, 0.05) is 29.4 Å². The maximum absolute atomic E-state index is 6.33. The van der Waals surface area contributed by atoms with E-state index in [0.29, 0.717) is 10.0 Å². The number of benzene rings is 2. The molecule has 0 aromatic heterocycles. The fraction of sp³-hybridized carbons (Fsp3) is 0.278. The Bertz CT molecular complexity index is 711. The highest BCUT2D eigenvalue weighted by atomic mass is 35.5. The number of halogens is 2. The summed E-state index contributed by atoms with van der Waals surface area (Å²) in [5, 5.41) is 11.3. The van der Waals surface area contributed by atoms with Crippen LogP contribution in [0.15, 0.2) is 47.6 Å². The van der Waals surface area contributed by atoms with Crippen LogP contribution >= 0.6 is 23.2 Å². The monoisotopic (exact) mass is 349 g/mol. The predicted molar refractivity (Wildman–Crippen MR) is 102 cm³/mol. The number of hydrazone groups is 1. The molecule has 1 N–H and O–H groups in total. The van der Waals surface area contributed by atoms with E-state index in [2.05, 4.69) is 19.2 Å². The second-order valence-corrected chi connectivity index (χ2v) is 6.36. The summed E-state index contributed by atoms with van der Waals surface area (Å²) in [6.07, 6.45) is 0. The van der Waals surface area contributed by atoms with Gasteiger partial charge in [-0.2, -0.15) is 5.10 Å². The summed E-state index contributed by atoms with van der Waals surface area (Å²) in [6, 6.07) is 13.6. The van der Waals surface area contributed by atoms with Gasteiger partial charge in [-0.15, -0.1) is 0 Å². The second kappa shape index (κ2) is 7.71. The molecule has 0 fully saturated rings. The Morgan fingerprint density at radius 3 is 2.43 bits per heavy atom. The zero-order valence-corrected chi connectivity index (χ0v) is 15.3. The van der Waals surface area contributed by atoms with Gasteiger partial charge < -0.3 is 5.32 Å². The molecule has 0 radical (unpaired) electrons. The van der Waals surface area contributed by atoms with Crippen LogP contribution in [0.5, 0.6) is 0 Å². The Hall–Kier alpha value is -1.71. The van der Waals surface area contributed by atoms with Crippen molar-refractivity contribution in [1.29, 1.82) is 0 Å². The van der Waals surface area contributed by atoms with E-state index in [1.807, 2.05) is 61.4 Å². The Morgan fingerprint density at radius 2 is 1.83 bits per heavy atom. The van der Waals surface area contributed by atoms with E-state index in [4.69, 9.17) is 28.3 Å². The lowest BCUT2D eigenvalue weighted by Crippen LogP contribution is -2.26. The van der Waals surface area contributed by atoms with Gasteiger partial charge in [-0.25, -0.2) is 0 Å². The molecule has 0 atom stereocenters. The molecular formula is C18H21Cl2N3. The standard InChI is InChI=1S/C18H21Cl2N3/c1-12(2)23(18-8-6-5-7-16(18)20)22-13(3)15-11-14(19)9-10-17(15)21-4/h5-12,21H,1-4H3/b22-13+. The largest absolute Gasteiger partial charge is 0.388 e. The van der Waals surface area contributed by atoms with Crippen molar-refractivity contribution in [3.05, 3.63) is 58.1 Å². The lowest BCUT2D eigenvalue weighted by atomic mass is 10.1. The molecule has 0 unspecified atom stereocenters. The number of nitrogens with zero attached hydrogens (tertiary/aromatic N) is 2. The SMILES string of the molecule is CNc1ccc(Cl)cc1/C(C)=N/N(c1ccccc1Cl)C(C)C. The summed E-state index contributed by atoms with van der Waals surface area (Å²) in [5.41, 5.74) is 3.71. The Kier molecular flexibility index (Phi) is 5.91. The molecule has 0 aliphatic carbocycles. The van der Waals surface area contributed by atoms with Crippen molar-refractivity contribution in [3.63, 3.8) is 0 Å². The number of para-hydroxylation sites is 1. The van der Waals surface area contributed by atoms with Gasteiger partial charge in [0.15, 0.2) is 0 Å². The molecule has 2 aromatic carbocycles. The summed E-state index contributed by atoms with van der Waals surface area (Å²) < 4.78 is 0. The van der Waals surface area contributed by atoms with Gasteiger partial charge in [-0.05, 0) is 51.1 Å². The van der Waals surface area contributed by atoms with Crippen LogP contribution in [0.2, 0.25) is 10.0 Å². The number of rotatable bonds is 5. The maximum atomic E-state index is 6.33. The average molecular weight is 350 g/mol. The minimum atomic E-state index is 0.169. The zero-order chi connectivity index (χ0) is 17.0. The highest BCUT2D eigenvalue weighted by Gasteiger charge is 2.14. The summed E-state index contributed by atoms with van der Waals surface area (Å²) in [6.45, 7) is 6.13. The molecule has 23 heavy (non-hydrogen) atoms. The quantitative estimate of drug-likeness (QED) is 0.555. The Labute approximate surface area is 147 Å². The molecule has 2 aromatic rings. The molecule has 0 aliphatic rings. The van der Waals surface area contributed by atoms with Crippen LogP contribution in [0.3, 0.4) is 0 Å². The Morgan fingerprint density at radius 1 is 1.13 bits per heavy atom. The molecule has 0 amide bonds. The first-order valence-corrected chi connectivity index (χ1v) is 8.26. The summed E-state index contributed by atoms with van der Waals surface area (Å²) in [7, 11) is 1.88. The first-order chi connectivity index (χ1) is 10.9. The molecule has 0 heterocycles. The molecule has 0 saturated heterocycles. The molecule has 0 aliphatic heterocycles. The molecule has 5 heteroatoms. The lowest BCUT2D eigenvalue weighted by Gasteiger charge is -2.25. The normalized spacial score (nSPS) is 11.7. The van der Waals surface area contributed by atoms with Crippen molar-refractivity contribution in [3.8, 4) is 0 Å². The van der Waals surface area contributed by atoms with E-state index in [0.717, 1.165) is 22.6 Å². The van der Waals surface area contributed by atoms with E-state index in [1.165, 1.54) is 0 Å². The first kappa shape index (κ1) is 17.6. The molecule has 0 saturated carbocycles. The van der Waals surface area contributed by atoms with Crippen molar-refractivity contribution >= 4 is 40.3 Å². The molecule has 0 spiro atoms. The van der Waals surface area contributed by atoms with Gasteiger partial charge >= 0.3 is 0 Å². The molecule has 3 nitrogen and oxygen atoms in total. The van der Waals surface area contributed by atoms with Crippen molar-refractivity contribution in [1.82, 2.24) is 0 Å². The van der Waals surface area contributed by atoms with Crippen LogP contribution < -0.4 is 10.3 Å². The van der Waals surface area contributed by atoms with E-state index < -0.39 is 0 Å². The lowest BCUT2D eigenvalue weighted by molar-refractivity contribution is 0.713. The molecular weight excluding hydrogens is 329 g/mol. The van der Waals surface area contributed by atoms with Crippen LogP contribution in [-0.2, 0) is 0 Å². The predicted octanol–water partition coefficient (Wildman–Crippen LogP) is 5.67. The third-order valence-corrected chi connectivity index (χ3v) is 4.04. The van der Waals surface area contributed by atoms with E-state index in [1.54, 1.807) is 0 Å². The molecule has 0 bridgehead atoms. The van der Waals surface area contributed by atoms with E-state index in [9.17, 15) is 0 Å². The summed E-state index contributed by atoms with van der Waals surface area (Å²) in [4.78, 5) is 0. The van der Waals surface area contributed by atoms with Gasteiger partial charge in [-0.1, -0.05) is 35.3 Å². The third-order valence-electron chi connectivity index (χ3n) is 3.49. The third kappa shape index (κ3) is 4.18. The minimum absolute atomic E-state index is 0.169. The smallest absolute Gasteiger partial charge is 0.0783 e. The van der Waals surface area contributed by atoms with Gasteiger partial charge in [0.25, 0.3) is 0 Å². The fourth-order valence-corrected chi connectivity index (χ4v) is 2.73. The molecule has 122 valence electrons. The highest BCUT2D eigenvalue weighted by Crippen LogP contribution is 2.28. The highest BCUT2D eigenvalue weighted by molar-refractivity contribution is 6.33. The van der Waals surface area contributed by atoms with Crippen molar-refractivity contribution < 1.29 is 0 Å². The number of hydrogen-bond donors (Lipinski definition) is 1. The van der Waals surface area contributed by atoms with E-state index in [-0.39, 0.29) is 6.04 Å². The zero-order valence-electron chi connectivity index (χ0n) is 13.8. The van der Waals surface area contributed by atoms with Crippen molar-refractivity contribution in [2.24, 2.45) is 5.10 Å². The van der Waals surface area contributed by atoms with Crippen molar-refractivity contribution in [2.75, 3.05) is 17.4 Å². The first-order valence-electron chi connectivity index (χ1n) is 7.50. The van der Waals surface area contributed by atoms with Crippen LogP contribution in [0.1, 0.15) is 26.3 Å². The van der Waals surface area contributed by atoms with Crippen LogP contribution in [0.25, 0.3) is 0 Å². The Balaban J connectivity index is 2.48. The second-order valence-electron chi connectivity index (χ2n) is 5.52. The van der Waals surface area contributed by atoms with Crippen LogP contribution in [-0.4, -0.2) is 18.8 Å². The summed E-state index contributed by atoms with van der Waals surface area (Å²) >= 11 is 12.5. The van der Waals surface area contributed by atoms with Crippen LogP contribution in [0, 0.1) is 0 Å². The summed E-state index contributed by atoms with van der Waals surface area (Å²) in [5.74, 6) is 0. The van der Waals surface area contributed by atoms with Crippen molar-refractivity contribution in [2.45, 2.75) is 26.8 Å².